The number of rotatable bonds is 9. The van der Waals surface area contributed by atoms with Crippen molar-refractivity contribution in [3.05, 3.63) is 72.3 Å². The lowest BCUT2D eigenvalue weighted by Gasteiger charge is -2.08. The smallest absolute Gasteiger partial charge is 0.329 e. The van der Waals surface area contributed by atoms with E-state index in [9.17, 15) is 14.4 Å². The highest BCUT2D eigenvalue weighted by molar-refractivity contribution is 6.35. The number of carbonyl (C=O) groups is 3. The Morgan fingerprint density at radius 3 is 2.57 bits per heavy atom. The van der Waals surface area contributed by atoms with Crippen LogP contribution in [0.5, 0.6) is 5.75 Å². The molecule has 0 radical (unpaired) electrons. The van der Waals surface area contributed by atoms with E-state index in [-0.39, 0.29) is 19.1 Å². The average molecular weight is 408 g/mol. The van der Waals surface area contributed by atoms with Gasteiger partial charge in [0, 0.05) is 12.2 Å². The third-order valence-corrected chi connectivity index (χ3v) is 3.87. The van der Waals surface area contributed by atoms with Crippen LogP contribution in [0.25, 0.3) is 0 Å². The molecule has 0 atom stereocenters. The van der Waals surface area contributed by atoms with Crippen molar-refractivity contribution in [3.8, 4) is 5.75 Å². The van der Waals surface area contributed by atoms with Crippen molar-refractivity contribution in [2.45, 2.75) is 13.3 Å². The van der Waals surface area contributed by atoms with Gasteiger partial charge >= 0.3 is 11.8 Å². The third kappa shape index (κ3) is 7.59. The Balaban J connectivity index is 1.82. The van der Waals surface area contributed by atoms with Crippen molar-refractivity contribution in [2.75, 3.05) is 18.5 Å². The van der Waals surface area contributed by atoms with Crippen LogP contribution in [0, 0.1) is 0 Å². The summed E-state index contributed by atoms with van der Waals surface area (Å²) in [5.74, 6) is -1.51. The number of ether oxygens (including phenoxy) is 1. The van der Waals surface area contributed by atoms with Gasteiger partial charge in [0.15, 0.2) is 6.61 Å². The molecule has 0 aromatic heterocycles. The van der Waals surface area contributed by atoms with Gasteiger partial charge in [-0.15, -0.1) is 6.58 Å². The van der Waals surface area contributed by atoms with Crippen LogP contribution in [-0.4, -0.2) is 37.1 Å². The summed E-state index contributed by atoms with van der Waals surface area (Å²) in [7, 11) is 0. The molecule has 2 aromatic rings. The Labute approximate surface area is 175 Å². The quantitative estimate of drug-likeness (QED) is 0.255. The van der Waals surface area contributed by atoms with Crippen LogP contribution >= 0.6 is 0 Å². The van der Waals surface area contributed by atoms with Gasteiger partial charge in [0.25, 0.3) is 5.91 Å². The first-order valence-corrected chi connectivity index (χ1v) is 9.35. The van der Waals surface area contributed by atoms with Gasteiger partial charge in [-0.05, 0) is 41.8 Å². The molecule has 0 fully saturated rings. The maximum atomic E-state index is 12.1. The molecule has 0 heterocycles. The summed E-state index contributed by atoms with van der Waals surface area (Å²) in [6.45, 7) is 5.54. The molecule has 0 aliphatic heterocycles. The van der Waals surface area contributed by atoms with E-state index in [1.54, 1.807) is 24.3 Å². The number of nitrogens with one attached hydrogen (secondary N) is 3. The molecule has 8 nitrogen and oxygen atoms in total. The van der Waals surface area contributed by atoms with E-state index in [0.717, 1.165) is 6.42 Å². The molecule has 0 spiro atoms. The Morgan fingerprint density at radius 1 is 1.10 bits per heavy atom. The zero-order valence-corrected chi connectivity index (χ0v) is 16.7. The van der Waals surface area contributed by atoms with Gasteiger partial charge < -0.3 is 15.4 Å². The van der Waals surface area contributed by atoms with Gasteiger partial charge in [-0.1, -0.05) is 37.3 Å². The standard InChI is InChI=1S/C22H24N4O4/c1-3-12-23-21(28)22(29)26-24-14-17-6-5-7-19(13-17)30-15-20(27)25-18-10-8-16(4-2)9-11-18/h3,5-11,13-14H,1,4,12,15H2,2H3,(H,23,28)(H,25,27)(H,26,29)/b24-14-. The largest absolute Gasteiger partial charge is 0.484 e. The number of benzene rings is 2. The van der Waals surface area contributed by atoms with Gasteiger partial charge in [-0.2, -0.15) is 5.10 Å². The highest BCUT2D eigenvalue weighted by Crippen LogP contribution is 2.13. The molecular weight excluding hydrogens is 384 g/mol. The van der Waals surface area contributed by atoms with Crippen molar-refractivity contribution in [1.82, 2.24) is 10.7 Å². The second kappa shape index (κ2) is 11.8. The van der Waals surface area contributed by atoms with E-state index >= 15 is 0 Å². The molecule has 0 aliphatic carbocycles. The second-order valence-corrected chi connectivity index (χ2v) is 6.16. The molecule has 2 aromatic carbocycles. The number of carbonyl (C=O) groups excluding carboxylic acids is 3. The SMILES string of the molecule is C=CCNC(=O)C(=O)N/N=C\c1cccc(OCC(=O)Nc2ccc(CC)cc2)c1. The Bertz CT molecular complexity index is 923. The van der Waals surface area contributed by atoms with Crippen molar-refractivity contribution in [3.63, 3.8) is 0 Å². The predicted molar refractivity (Wildman–Crippen MR) is 115 cm³/mol. The molecule has 0 aliphatic rings. The molecule has 0 saturated heterocycles. The van der Waals surface area contributed by atoms with Crippen molar-refractivity contribution in [2.24, 2.45) is 5.10 Å². The van der Waals surface area contributed by atoms with Crippen molar-refractivity contribution < 1.29 is 19.1 Å². The van der Waals surface area contributed by atoms with Crippen LogP contribution in [-0.2, 0) is 20.8 Å². The van der Waals surface area contributed by atoms with Crippen LogP contribution in [0.15, 0.2) is 66.3 Å². The number of hydrogen-bond acceptors (Lipinski definition) is 5. The lowest BCUT2D eigenvalue weighted by atomic mass is 10.1. The lowest BCUT2D eigenvalue weighted by Crippen LogP contribution is -2.37. The van der Waals surface area contributed by atoms with Crippen LogP contribution in [0.1, 0.15) is 18.1 Å². The second-order valence-electron chi connectivity index (χ2n) is 6.16. The fraction of sp³-hybridized carbons (Fsp3) is 0.182. The normalized spacial score (nSPS) is 10.3. The lowest BCUT2D eigenvalue weighted by molar-refractivity contribution is -0.139. The Hall–Kier alpha value is -3.94. The number of nitrogens with zero attached hydrogens (tertiary/aromatic N) is 1. The topological polar surface area (TPSA) is 109 Å². The molecule has 30 heavy (non-hydrogen) atoms. The molecule has 0 unspecified atom stereocenters. The number of anilines is 1. The highest BCUT2D eigenvalue weighted by atomic mass is 16.5. The average Bonchev–Trinajstić information content (AvgIpc) is 2.76. The number of amides is 3. The molecule has 0 bridgehead atoms. The molecule has 156 valence electrons. The van der Waals surface area contributed by atoms with E-state index < -0.39 is 11.8 Å². The number of hydrogen-bond donors (Lipinski definition) is 3. The minimum absolute atomic E-state index is 0.156. The highest BCUT2D eigenvalue weighted by Gasteiger charge is 2.10. The summed E-state index contributed by atoms with van der Waals surface area (Å²) in [5.41, 5.74) is 4.64. The summed E-state index contributed by atoms with van der Waals surface area (Å²) in [5, 5.41) is 8.84. The summed E-state index contributed by atoms with van der Waals surface area (Å²) in [4.78, 5) is 35.0. The first-order chi connectivity index (χ1) is 14.5. The molecule has 3 N–H and O–H groups in total. The number of hydrazone groups is 1. The zero-order chi connectivity index (χ0) is 21.8. The molecule has 2 rings (SSSR count). The molecule has 8 heteroatoms. The van der Waals surface area contributed by atoms with Gasteiger partial charge in [0.05, 0.1) is 6.21 Å². The summed E-state index contributed by atoms with van der Waals surface area (Å²) in [6.07, 6.45) is 3.76. The first kappa shape index (κ1) is 22.4. The first-order valence-electron chi connectivity index (χ1n) is 9.35. The summed E-state index contributed by atoms with van der Waals surface area (Å²) < 4.78 is 5.50. The van der Waals surface area contributed by atoms with Gasteiger partial charge in [0.2, 0.25) is 0 Å². The Morgan fingerprint density at radius 2 is 1.87 bits per heavy atom. The van der Waals surface area contributed by atoms with Crippen molar-refractivity contribution >= 4 is 29.6 Å². The predicted octanol–water partition coefficient (Wildman–Crippen LogP) is 2.02. The fourth-order valence-corrected chi connectivity index (χ4v) is 2.32. The molecule has 0 saturated carbocycles. The van der Waals surface area contributed by atoms with Gasteiger partial charge in [0.1, 0.15) is 5.75 Å². The van der Waals surface area contributed by atoms with Gasteiger partial charge in [-0.3, -0.25) is 14.4 Å². The number of aryl methyl sites for hydroxylation is 1. The fourth-order valence-electron chi connectivity index (χ4n) is 2.32. The minimum Gasteiger partial charge on any atom is -0.484 e. The van der Waals surface area contributed by atoms with E-state index in [1.807, 2.05) is 24.3 Å². The third-order valence-electron chi connectivity index (χ3n) is 3.87. The zero-order valence-electron chi connectivity index (χ0n) is 16.7. The monoisotopic (exact) mass is 408 g/mol. The van der Waals surface area contributed by atoms with Gasteiger partial charge in [-0.25, -0.2) is 5.43 Å². The van der Waals surface area contributed by atoms with E-state index in [2.05, 4.69) is 34.7 Å². The molecule has 3 amide bonds. The van der Waals surface area contributed by atoms with E-state index in [1.165, 1.54) is 17.9 Å². The summed E-state index contributed by atoms with van der Waals surface area (Å²) >= 11 is 0. The minimum atomic E-state index is -0.885. The Kier molecular flexibility index (Phi) is 8.79. The van der Waals surface area contributed by atoms with E-state index in [0.29, 0.717) is 17.0 Å². The van der Waals surface area contributed by atoms with Crippen LogP contribution in [0.2, 0.25) is 0 Å². The van der Waals surface area contributed by atoms with Crippen LogP contribution < -0.4 is 20.8 Å². The van der Waals surface area contributed by atoms with Crippen molar-refractivity contribution in [1.29, 1.82) is 0 Å². The van der Waals surface area contributed by atoms with Crippen LogP contribution in [0.4, 0.5) is 5.69 Å². The molecular formula is C22H24N4O4. The maximum absolute atomic E-state index is 12.1. The van der Waals surface area contributed by atoms with E-state index in [4.69, 9.17) is 4.74 Å². The van der Waals surface area contributed by atoms with Crippen LogP contribution in [0.3, 0.4) is 0 Å². The summed E-state index contributed by atoms with van der Waals surface area (Å²) in [6, 6.07) is 14.4. The maximum Gasteiger partial charge on any atom is 0.329 e.